The van der Waals surface area contributed by atoms with Gasteiger partial charge >= 0.3 is 0 Å². The molecule has 2 fully saturated rings. The Balaban J connectivity index is 1.90. The highest BCUT2D eigenvalue weighted by atomic mass is 16.3. The molecule has 2 nitrogen and oxygen atoms in total. The molecule has 1 N–H and O–H groups in total. The van der Waals surface area contributed by atoms with E-state index in [9.17, 15) is 5.11 Å². The fraction of sp³-hybridized carbons (Fsp3) is 1.00. The second-order valence-electron chi connectivity index (χ2n) is 5.77. The predicted octanol–water partition coefficient (Wildman–Crippen LogP) is 2.95. The van der Waals surface area contributed by atoms with Gasteiger partial charge in [0.15, 0.2) is 0 Å². The van der Waals surface area contributed by atoms with Crippen molar-refractivity contribution in [2.24, 2.45) is 0 Å². The number of likely N-dealkylation sites (tertiary alicyclic amines) is 1. The normalized spacial score (nSPS) is 31.5. The number of aliphatic hydroxyl groups is 1. The molecule has 1 unspecified atom stereocenters. The average Bonchev–Trinajstić information content (AvgIpc) is 2.30. The van der Waals surface area contributed by atoms with Crippen LogP contribution in [0.1, 0.15) is 64.7 Å². The molecule has 0 amide bonds. The molecule has 0 aromatic carbocycles. The van der Waals surface area contributed by atoms with Crippen molar-refractivity contribution in [1.29, 1.82) is 0 Å². The zero-order valence-electron chi connectivity index (χ0n) is 10.7. The largest absolute Gasteiger partial charge is 0.390 e. The monoisotopic (exact) mass is 225 g/mol. The van der Waals surface area contributed by atoms with E-state index in [1.807, 2.05) is 0 Å². The first kappa shape index (κ1) is 12.4. The van der Waals surface area contributed by atoms with Gasteiger partial charge in [-0.1, -0.05) is 32.6 Å². The fourth-order valence-electron chi connectivity index (χ4n) is 3.56. The summed E-state index contributed by atoms with van der Waals surface area (Å²) in [5, 5.41) is 10.6. The molecule has 0 bridgehead atoms. The molecule has 1 aliphatic carbocycles. The first-order valence-corrected chi connectivity index (χ1v) is 7.20. The lowest BCUT2D eigenvalue weighted by molar-refractivity contribution is -0.0326. The number of hydrogen-bond donors (Lipinski definition) is 1. The summed E-state index contributed by atoms with van der Waals surface area (Å²) in [6, 6.07) is 0.654. The first-order chi connectivity index (χ1) is 7.73. The van der Waals surface area contributed by atoms with Crippen LogP contribution in [0.3, 0.4) is 0 Å². The SMILES string of the molecule is CCN1CCCCC1CC1(O)CCCCC1. The Bertz CT molecular complexity index is 211. The Morgan fingerprint density at radius 2 is 1.88 bits per heavy atom. The summed E-state index contributed by atoms with van der Waals surface area (Å²) in [5.74, 6) is 0. The molecule has 0 spiro atoms. The molecule has 0 aromatic heterocycles. The van der Waals surface area contributed by atoms with Crippen LogP contribution in [0, 0.1) is 0 Å². The maximum atomic E-state index is 10.6. The maximum Gasteiger partial charge on any atom is 0.0662 e. The molecular formula is C14H27NO. The topological polar surface area (TPSA) is 23.5 Å². The number of hydrogen-bond acceptors (Lipinski definition) is 2. The number of rotatable bonds is 3. The van der Waals surface area contributed by atoms with Crippen molar-refractivity contribution < 1.29 is 5.11 Å². The third-order valence-electron chi connectivity index (χ3n) is 4.56. The van der Waals surface area contributed by atoms with Gasteiger partial charge in [0.1, 0.15) is 0 Å². The lowest BCUT2D eigenvalue weighted by Crippen LogP contribution is -2.45. The third-order valence-corrected chi connectivity index (χ3v) is 4.56. The van der Waals surface area contributed by atoms with E-state index in [0.717, 1.165) is 25.8 Å². The quantitative estimate of drug-likeness (QED) is 0.798. The predicted molar refractivity (Wildman–Crippen MR) is 67.5 cm³/mol. The van der Waals surface area contributed by atoms with E-state index < -0.39 is 0 Å². The van der Waals surface area contributed by atoms with Crippen LogP contribution in [0.2, 0.25) is 0 Å². The van der Waals surface area contributed by atoms with E-state index in [1.165, 1.54) is 45.1 Å². The molecule has 16 heavy (non-hydrogen) atoms. The first-order valence-electron chi connectivity index (χ1n) is 7.20. The second kappa shape index (κ2) is 5.50. The van der Waals surface area contributed by atoms with E-state index in [-0.39, 0.29) is 5.60 Å². The van der Waals surface area contributed by atoms with Gasteiger partial charge in [-0.3, -0.25) is 0 Å². The van der Waals surface area contributed by atoms with Crippen LogP contribution in [-0.2, 0) is 0 Å². The summed E-state index contributed by atoms with van der Waals surface area (Å²) in [5.41, 5.74) is -0.326. The van der Waals surface area contributed by atoms with Crippen LogP contribution in [-0.4, -0.2) is 34.7 Å². The smallest absolute Gasteiger partial charge is 0.0662 e. The van der Waals surface area contributed by atoms with Crippen molar-refractivity contribution in [2.45, 2.75) is 76.4 Å². The molecule has 1 aliphatic heterocycles. The van der Waals surface area contributed by atoms with Gasteiger partial charge in [0.05, 0.1) is 5.60 Å². The molecule has 0 radical (unpaired) electrons. The highest BCUT2D eigenvalue weighted by molar-refractivity contribution is 4.89. The summed E-state index contributed by atoms with van der Waals surface area (Å²) in [4.78, 5) is 2.58. The maximum absolute atomic E-state index is 10.6. The van der Waals surface area contributed by atoms with Crippen LogP contribution in [0.5, 0.6) is 0 Å². The molecule has 1 saturated carbocycles. The molecule has 2 rings (SSSR count). The van der Waals surface area contributed by atoms with Crippen LogP contribution in [0.25, 0.3) is 0 Å². The molecule has 1 saturated heterocycles. The van der Waals surface area contributed by atoms with Gasteiger partial charge in [-0.15, -0.1) is 0 Å². The van der Waals surface area contributed by atoms with Gasteiger partial charge in [0, 0.05) is 6.04 Å². The van der Waals surface area contributed by atoms with Gasteiger partial charge in [0.2, 0.25) is 0 Å². The molecule has 1 heterocycles. The van der Waals surface area contributed by atoms with Crippen molar-refractivity contribution in [3.63, 3.8) is 0 Å². The van der Waals surface area contributed by atoms with Crippen LogP contribution < -0.4 is 0 Å². The van der Waals surface area contributed by atoms with Crippen molar-refractivity contribution in [3.05, 3.63) is 0 Å². The van der Waals surface area contributed by atoms with E-state index in [0.29, 0.717) is 6.04 Å². The Hall–Kier alpha value is -0.0800. The van der Waals surface area contributed by atoms with Gasteiger partial charge in [-0.05, 0) is 45.2 Å². The molecule has 0 aromatic rings. The summed E-state index contributed by atoms with van der Waals surface area (Å²) < 4.78 is 0. The molecule has 2 heteroatoms. The highest BCUT2D eigenvalue weighted by Crippen LogP contribution is 2.34. The van der Waals surface area contributed by atoms with E-state index >= 15 is 0 Å². The zero-order valence-corrected chi connectivity index (χ0v) is 10.7. The van der Waals surface area contributed by atoms with Crippen LogP contribution >= 0.6 is 0 Å². The van der Waals surface area contributed by atoms with Crippen molar-refractivity contribution >= 4 is 0 Å². The Morgan fingerprint density at radius 3 is 2.56 bits per heavy atom. The summed E-state index contributed by atoms with van der Waals surface area (Å²) in [6.45, 7) is 4.65. The minimum atomic E-state index is -0.326. The Kier molecular flexibility index (Phi) is 4.26. The standard InChI is InChI=1S/C14H27NO/c1-2-15-11-7-4-8-13(15)12-14(16)9-5-3-6-10-14/h13,16H,2-12H2,1H3. The molecule has 2 aliphatic rings. The van der Waals surface area contributed by atoms with Crippen LogP contribution in [0.4, 0.5) is 0 Å². The minimum absolute atomic E-state index is 0.326. The third kappa shape index (κ3) is 2.98. The lowest BCUT2D eigenvalue weighted by Gasteiger charge is -2.41. The van der Waals surface area contributed by atoms with E-state index in [1.54, 1.807) is 0 Å². The number of piperidine rings is 1. The van der Waals surface area contributed by atoms with Crippen LogP contribution in [0.15, 0.2) is 0 Å². The second-order valence-corrected chi connectivity index (χ2v) is 5.77. The van der Waals surface area contributed by atoms with Crippen molar-refractivity contribution in [2.75, 3.05) is 13.1 Å². The lowest BCUT2D eigenvalue weighted by atomic mass is 9.79. The number of nitrogens with zero attached hydrogens (tertiary/aromatic N) is 1. The highest BCUT2D eigenvalue weighted by Gasteiger charge is 2.34. The van der Waals surface area contributed by atoms with Gasteiger partial charge in [-0.25, -0.2) is 0 Å². The Morgan fingerprint density at radius 1 is 1.12 bits per heavy atom. The molecule has 1 atom stereocenters. The summed E-state index contributed by atoms with van der Waals surface area (Å²) in [6.07, 6.45) is 10.9. The van der Waals surface area contributed by atoms with Gasteiger partial charge < -0.3 is 10.0 Å². The summed E-state index contributed by atoms with van der Waals surface area (Å²) in [7, 11) is 0. The Labute approximate surface area is 100 Å². The molecular weight excluding hydrogens is 198 g/mol. The fourth-order valence-corrected chi connectivity index (χ4v) is 3.56. The van der Waals surface area contributed by atoms with Gasteiger partial charge in [-0.2, -0.15) is 0 Å². The minimum Gasteiger partial charge on any atom is -0.390 e. The average molecular weight is 225 g/mol. The zero-order chi connectivity index (χ0) is 11.4. The van der Waals surface area contributed by atoms with Gasteiger partial charge in [0.25, 0.3) is 0 Å². The van der Waals surface area contributed by atoms with E-state index in [2.05, 4.69) is 11.8 Å². The van der Waals surface area contributed by atoms with E-state index in [4.69, 9.17) is 0 Å². The molecule has 94 valence electrons. The summed E-state index contributed by atoms with van der Waals surface area (Å²) >= 11 is 0. The van der Waals surface area contributed by atoms with Crippen molar-refractivity contribution in [1.82, 2.24) is 4.90 Å². The van der Waals surface area contributed by atoms with Crippen molar-refractivity contribution in [3.8, 4) is 0 Å².